The summed E-state index contributed by atoms with van der Waals surface area (Å²) in [5.74, 6) is 0.195. The second-order valence-corrected chi connectivity index (χ2v) is 3.75. The van der Waals surface area contributed by atoms with Crippen LogP contribution >= 0.6 is 0 Å². The summed E-state index contributed by atoms with van der Waals surface area (Å²) in [7, 11) is 0. The Kier molecular flexibility index (Phi) is 2.01. The average molecular weight is 223 g/mol. The van der Waals surface area contributed by atoms with Gasteiger partial charge in [-0.2, -0.15) is 0 Å². The third kappa shape index (κ3) is 1.59. The largest absolute Gasteiger partial charge is 0.303 e. The summed E-state index contributed by atoms with van der Waals surface area (Å²) in [6, 6.07) is 11.6. The molecule has 0 atom stereocenters. The molecule has 1 aliphatic heterocycles. The molecule has 1 aliphatic rings. The molecule has 82 valence electrons. The Labute approximate surface area is 97.7 Å². The molecule has 1 aromatic heterocycles. The zero-order valence-electron chi connectivity index (χ0n) is 8.97. The van der Waals surface area contributed by atoms with E-state index in [-0.39, 0.29) is 11.6 Å². The zero-order chi connectivity index (χ0) is 11.8. The third-order valence-corrected chi connectivity index (χ3v) is 2.58. The molecular weight excluding hydrogens is 214 g/mol. The van der Waals surface area contributed by atoms with Gasteiger partial charge in [-0.1, -0.05) is 30.8 Å². The van der Waals surface area contributed by atoms with Gasteiger partial charge in [0, 0.05) is 5.39 Å². The molecule has 0 saturated carbocycles. The number of aromatic nitrogens is 1. The summed E-state index contributed by atoms with van der Waals surface area (Å²) >= 11 is 0. The number of aliphatic imine (C=N–C) groups is 1. The van der Waals surface area contributed by atoms with Crippen LogP contribution in [-0.2, 0) is 4.79 Å². The fraction of sp³-hybridized carbons (Fsp3) is 0. The number of hydrogen-bond donors (Lipinski definition) is 1. The SMILES string of the molecule is C=C1N=C(c2ccc3ccccc3n2)NC1=O. The van der Waals surface area contributed by atoms with Crippen molar-refractivity contribution in [3.05, 3.63) is 54.4 Å². The highest BCUT2D eigenvalue weighted by Crippen LogP contribution is 2.14. The molecule has 0 unspecified atom stereocenters. The van der Waals surface area contributed by atoms with Gasteiger partial charge in [0.05, 0.1) is 5.52 Å². The monoisotopic (exact) mass is 223 g/mol. The lowest BCUT2D eigenvalue weighted by molar-refractivity contribution is -0.115. The lowest BCUT2D eigenvalue weighted by Crippen LogP contribution is -2.25. The van der Waals surface area contributed by atoms with E-state index in [0.717, 1.165) is 10.9 Å². The van der Waals surface area contributed by atoms with Crippen LogP contribution in [0.5, 0.6) is 0 Å². The smallest absolute Gasteiger partial charge is 0.274 e. The van der Waals surface area contributed by atoms with Gasteiger partial charge in [-0.15, -0.1) is 0 Å². The van der Waals surface area contributed by atoms with E-state index in [4.69, 9.17) is 0 Å². The summed E-state index contributed by atoms with van der Waals surface area (Å²) in [6.07, 6.45) is 0. The molecular formula is C13H9N3O. The van der Waals surface area contributed by atoms with E-state index in [1.165, 1.54) is 0 Å². The minimum atomic E-state index is -0.269. The second-order valence-electron chi connectivity index (χ2n) is 3.75. The maximum atomic E-state index is 11.3. The van der Waals surface area contributed by atoms with Crippen molar-refractivity contribution in [1.82, 2.24) is 10.3 Å². The molecule has 2 heterocycles. The molecule has 0 spiro atoms. The van der Waals surface area contributed by atoms with E-state index in [9.17, 15) is 4.79 Å². The predicted octanol–water partition coefficient (Wildman–Crippen LogP) is 1.62. The first-order chi connectivity index (χ1) is 8.24. The Bertz CT molecular complexity index is 673. The molecule has 0 bridgehead atoms. The summed E-state index contributed by atoms with van der Waals surface area (Å²) < 4.78 is 0. The number of hydrogen-bond acceptors (Lipinski definition) is 3. The fourth-order valence-electron chi connectivity index (χ4n) is 1.71. The lowest BCUT2D eigenvalue weighted by atomic mass is 10.2. The predicted molar refractivity (Wildman–Crippen MR) is 65.6 cm³/mol. The topological polar surface area (TPSA) is 54.4 Å². The average Bonchev–Trinajstić information content (AvgIpc) is 2.69. The molecule has 0 fully saturated rings. The number of rotatable bonds is 1. The van der Waals surface area contributed by atoms with Crippen LogP contribution in [-0.4, -0.2) is 16.7 Å². The van der Waals surface area contributed by atoms with E-state index in [1.54, 1.807) is 0 Å². The highest BCUT2D eigenvalue weighted by Gasteiger charge is 2.19. The minimum absolute atomic E-state index is 0.218. The number of pyridine rings is 1. The number of para-hydroxylation sites is 1. The van der Waals surface area contributed by atoms with Gasteiger partial charge < -0.3 is 5.32 Å². The number of amides is 1. The number of benzene rings is 1. The first-order valence-corrected chi connectivity index (χ1v) is 5.19. The van der Waals surface area contributed by atoms with Crippen LogP contribution in [0.2, 0.25) is 0 Å². The van der Waals surface area contributed by atoms with Crippen LogP contribution in [0.25, 0.3) is 10.9 Å². The molecule has 4 nitrogen and oxygen atoms in total. The Morgan fingerprint density at radius 1 is 1.12 bits per heavy atom. The van der Waals surface area contributed by atoms with Gasteiger partial charge in [0.1, 0.15) is 11.4 Å². The highest BCUT2D eigenvalue weighted by atomic mass is 16.2. The van der Waals surface area contributed by atoms with Crippen molar-refractivity contribution in [3.8, 4) is 0 Å². The first kappa shape index (κ1) is 9.72. The Hall–Kier alpha value is -2.49. The molecule has 1 amide bonds. The van der Waals surface area contributed by atoms with Gasteiger partial charge in [0.2, 0.25) is 0 Å². The molecule has 3 rings (SSSR count). The van der Waals surface area contributed by atoms with Crippen molar-refractivity contribution in [2.45, 2.75) is 0 Å². The van der Waals surface area contributed by atoms with Gasteiger partial charge in [0.25, 0.3) is 5.91 Å². The molecule has 17 heavy (non-hydrogen) atoms. The number of nitrogens with one attached hydrogen (secondary N) is 1. The zero-order valence-corrected chi connectivity index (χ0v) is 8.97. The number of carbonyl (C=O) groups excluding carboxylic acids is 1. The number of fused-ring (bicyclic) bond motifs is 1. The van der Waals surface area contributed by atoms with Crippen molar-refractivity contribution in [1.29, 1.82) is 0 Å². The Balaban J connectivity index is 2.10. The molecule has 0 aliphatic carbocycles. The van der Waals surface area contributed by atoms with E-state index >= 15 is 0 Å². The molecule has 1 N–H and O–H groups in total. The Morgan fingerprint density at radius 2 is 1.94 bits per heavy atom. The second kappa shape index (κ2) is 3.52. The minimum Gasteiger partial charge on any atom is -0.303 e. The molecule has 0 saturated heterocycles. The number of amidine groups is 1. The Morgan fingerprint density at radius 3 is 2.71 bits per heavy atom. The first-order valence-electron chi connectivity index (χ1n) is 5.19. The summed E-state index contributed by atoms with van der Waals surface area (Å²) in [5, 5.41) is 3.69. The normalized spacial score (nSPS) is 14.9. The van der Waals surface area contributed by atoms with Crippen LogP contribution in [0, 0.1) is 0 Å². The molecule has 4 heteroatoms. The standard InChI is InChI=1S/C13H9N3O/c1-8-13(17)16-12(14-8)11-7-6-9-4-2-3-5-10(9)15-11/h2-7H,1H2,(H,14,16,17). The van der Waals surface area contributed by atoms with Crippen molar-refractivity contribution >= 4 is 22.6 Å². The van der Waals surface area contributed by atoms with Gasteiger partial charge in [0.15, 0.2) is 5.84 Å². The van der Waals surface area contributed by atoms with E-state index < -0.39 is 0 Å². The van der Waals surface area contributed by atoms with E-state index in [0.29, 0.717) is 11.5 Å². The van der Waals surface area contributed by atoms with Crippen molar-refractivity contribution in [2.24, 2.45) is 4.99 Å². The van der Waals surface area contributed by atoms with E-state index in [2.05, 4.69) is 21.9 Å². The molecule has 2 aromatic rings. The molecule has 1 aromatic carbocycles. The van der Waals surface area contributed by atoms with Gasteiger partial charge >= 0.3 is 0 Å². The number of carbonyl (C=O) groups is 1. The summed E-state index contributed by atoms with van der Waals surface area (Å²) in [5.41, 5.74) is 1.74. The maximum Gasteiger partial charge on any atom is 0.274 e. The maximum absolute atomic E-state index is 11.3. The highest BCUT2D eigenvalue weighted by molar-refractivity contribution is 6.17. The van der Waals surface area contributed by atoms with Gasteiger partial charge in [-0.3, -0.25) is 4.79 Å². The van der Waals surface area contributed by atoms with Crippen LogP contribution in [0.15, 0.2) is 53.7 Å². The molecule has 0 radical (unpaired) electrons. The van der Waals surface area contributed by atoms with E-state index in [1.807, 2.05) is 36.4 Å². The van der Waals surface area contributed by atoms with Crippen molar-refractivity contribution in [2.75, 3.05) is 0 Å². The van der Waals surface area contributed by atoms with Crippen LogP contribution in [0.4, 0.5) is 0 Å². The van der Waals surface area contributed by atoms with Gasteiger partial charge in [-0.05, 0) is 12.1 Å². The van der Waals surface area contributed by atoms with Crippen LogP contribution in [0.3, 0.4) is 0 Å². The summed E-state index contributed by atoms with van der Waals surface area (Å²) in [6.45, 7) is 3.55. The lowest BCUT2D eigenvalue weighted by Gasteiger charge is -2.02. The van der Waals surface area contributed by atoms with Crippen LogP contribution < -0.4 is 5.32 Å². The van der Waals surface area contributed by atoms with Crippen molar-refractivity contribution in [3.63, 3.8) is 0 Å². The van der Waals surface area contributed by atoms with Crippen molar-refractivity contribution < 1.29 is 4.79 Å². The number of nitrogens with zero attached hydrogens (tertiary/aromatic N) is 2. The summed E-state index contributed by atoms with van der Waals surface area (Å²) in [4.78, 5) is 19.8. The third-order valence-electron chi connectivity index (χ3n) is 2.58. The quantitative estimate of drug-likeness (QED) is 0.747. The fourth-order valence-corrected chi connectivity index (χ4v) is 1.71. The van der Waals surface area contributed by atoms with Gasteiger partial charge in [-0.25, -0.2) is 9.98 Å². The van der Waals surface area contributed by atoms with Crippen LogP contribution in [0.1, 0.15) is 5.69 Å².